The highest BCUT2D eigenvalue weighted by Crippen LogP contribution is 2.34. The van der Waals surface area contributed by atoms with Gasteiger partial charge in [-0.1, -0.05) is 65.0 Å². The van der Waals surface area contributed by atoms with E-state index in [2.05, 4.69) is 5.16 Å². The van der Waals surface area contributed by atoms with E-state index in [4.69, 9.17) is 21.8 Å². The van der Waals surface area contributed by atoms with E-state index < -0.39 is 5.97 Å². The van der Waals surface area contributed by atoms with Gasteiger partial charge in [0.15, 0.2) is 5.76 Å². The van der Waals surface area contributed by atoms with E-state index in [0.29, 0.717) is 28.0 Å². The Morgan fingerprint density at radius 3 is 2.77 bits per heavy atom. The van der Waals surface area contributed by atoms with E-state index in [-0.39, 0.29) is 12.3 Å². The van der Waals surface area contributed by atoms with Crippen molar-refractivity contribution < 1.29 is 19.2 Å². The Kier molecular flexibility index (Phi) is 5.69. The molecule has 0 atom stereocenters. The van der Waals surface area contributed by atoms with Crippen LogP contribution in [0.5, 0.6) is 0 Å². The molecular formula is C22H18N2O4S2. The number of rotatable bonds is 6. The molecule has 2 aromatic carbocycles. The molecule has 0 unspecified atom stereocenters. The van der Waals surface area contributed by atoms with Gasteiger partial charge in [-0.2, -0.15) is 0 Å². The first-order chi connectivity index (χ1) is 14.4. The van der Waals surface area contributed by atoms with Crippen LogP contribution in [-0.2, 0) is 9.59 Å². The van der Waals surface area contributed by atoms with Crippen molar-refractivity contribution in [3.63, 3.8) is 0 Å². The molecule has 30 heavy (non-hydrogen) atoms. The van der Waals surface area contributed by atoms with Gasteiger partial charge in [0.05, 0.1) is 10.3 Å². The zero-order valence-corrected chi connectivity index (χ0v) is 17.8. The zero-order valence-electron chi connectivity index (χ0n) is 16.1. The number of thioether (sulfide) groups is 1. The number of hydrogen-bond donors (Lipinski definition) is 1. The first kappa shape index (κ1) is 20.3. The Morgan fingerprint density at radius 1 is 1.27 bits per heavy atom. The number of carboxylic acids is 1. The van der Waals surface area contributed by atoms with E-state index >= 15 is 0 Å². The monoisotopic (exact) mass is 438 g/mol. The molecule has 0 saturated carbocycles. The van der Waals surface area contributed by atoms with E-state index in [1.54, 1.807) is 6.08 Å². The summed E-state index contributed by atoms with van der Waals surface area (Å²) in [5, 5.41) is 13.8. The van der Waals surface area contributed by atoms with Crippen LogP contribution in [-0.4, -0.2) is 37.9 Å². The number of thiocarbonyl (C=S) groups is 1. The topological polar surface area (TPSA) is 83.6 Å². The van der Waals surface area contributed by atoms with Gasteiger partial charge in [-0.3, -0.25) is 14.5 Å². The summed E-state index contributed by atoms with van der Waals surface area (Å²) in [6.45, 7) is 2.33. The molecule has 0 radical (unpaired) electrons. The van der Waals surface area contributed by atoms with Crippen molar-refractivity contribution in [3.8, 4) is 11.3 Å². The molecule has 1 amide bonds. The minimum absolute atomic E-state index is 0.00204. The van der Waals surface area contributed by atoms with Crippen LogP contribution in [0.3, 0.4) is 0 Å². The van der Waals surface area contributed by atoms with Crippen molar-refractivity contribution in [1.82, 2.24) is 10.1 Å². The molecule has 1 aliphatic rings. The quantitative estimate of drug-likeness (QED) is 0.434. The summed E-state index contributed by atoms with van der Waals surface area (Å²) in [7, 11) is 0. The van der Waals surface area contributed by atoms with E-state index in [0.717, 1.165) is 27.6 Å². The van der Waals surface area contributed by atoms with Gasteiger partial charge in [0.2, 0.25) is 0 Å². The van der Waals surface area contributed by atoms with Crippen LogP contribution in [0.15, 0.2) is 51.9 Å². The fourth-order valence-corrected chi connectivity index (χ4v) is 4.50. The Bertz CT molecular complexity index is 1180. The molecule has 1 fully saturated rings. The number of nitrogens with zero attached hydrogens (tertiary/aromatic N) is 2. The maximum Gasteiger partial charge on any atom is 0.303 e. The molecule has 0 spiro atoms. The smallest absolute Gasteiger partial charge is 0.303 e. The molecule has 6 nitrogen and oxygen atoms in total. The van der Waals surface area contributed by atoms with Crippen LogP contribution in [0.1, 0.15) is 24.0 Å². The van der Waals surface area contributed by atoms with Gasteiger partial charge in [-0.15, -0.1) is 0 Å². The number of carbonyl (C=O) groups excluding carboxylic acids is 1. The minimum Gasteiger partial charge on any atom is -0.481 e. The summed E-state index contributed by atoms with van der Waals surface area (Å²) in [5.74, 6) is -0.400. The highest BCUT2D eigenvalue weighted by molar-refractivity contribution is 8.26. The Morgan fingerprint density at radius 2 is 2.03 bits per heavy atom. The maximum absolute atomic E-state index is 12.7. The lowest BCUT2D eigenvalue weighted by Crippen LogP contribution is -2.29. The van der Waals surface area contributed by atoms with Crippen molar-refractivity contribution in [2.75, 3.05) is 6.54 Å². The van der Waals surface area contributed by atoms with Crippen molar-refractivity contribution in [2.45, 2.75) is 19.8 Å². The number of carboxylic acid groups (broad SMARTS) is 1. The van der Waals surface area contributed by atoms with Gasteiger partial charge in [0.25, 0.3) is 5.91 Å². The average molecular weight is 439 g/mol. The van der Waals surface area contributed by atoms with E-state index in [1.165, 1.54) is 16.7 Å². The number of fused-ring (bicyclic) bond motifs is 1. The number of hydrogen-bond acceptors (Lipinski definition) is 6. The van der Waals surface area contributed by atoms with Crippen LogP contribution < -0.4 is 0 Å². The molecule has 8 heteroatoms. The summed E-state index contributed by atoms with van der Waals surface area (Å²) < 4.78 is 6.01. The van der Waals surface area contributed by atoms with Gasteiger partial charge in [0.1, 0.15) is 9.84 Å². The molecular weight excluding hydrogens is 420 g/mol. The second-order valence-corrected chi connectivity index (χ2v) is 8.66. The van der Waals surface area contributed by atoms with Crippen LogP contribution in [0.4, 0.5) is 0 Å². The van der Waals surface area contributed by atoms with Gasteiger partial charge in [0, 0.05) is 18.5 Å². The summed E-state index contributed by atoms with van der Waals surface area (Å²) in [6, 6.07) is 13.7. The number of benzene rings is 2. The van der Waals surface area contributed by atoms with Crippen molar-refractivity contribution in [2.24, 2.45) is 0 Å². The summed E-state index contributed by atoms with van der Waals surface area (Å²) in [6.07, 6.45) is 2.16. The van der Waals surface area contributed by atoms with Crippen molar-refractivity contribution in [3.05, 3.63) is 58.5 Å². The molecule has 2 heterocycles. The second-order valence-electron chi connectivity index (χ2n) is 6.98. The number of aliphatic carboxylic acids is 1. The van der Waals surface area contributed by atoms with Crippen molar-refractivity contribution >= 4 is 57.2 Å². The second kappa shape index (κ2) is 8.41. The summed E-state index contributed by atoms with van der Waals surface area (Å²) >= 11 is 6.53. The summed E-state index contributed by atoms with van der Waals surface area (Å²) in [5.41, 5.74) is 3.67. The average Bonchev–Trinajstić information content (AvgIpc) is 3.24. The van der Waals surface area contributed by atoms with Crippen LogP contribution >= 0.6 is 24.0 Å². The lowest BCUT2D eigenvalue weighted by molar-refractivity contribution is -0.137. The molecule has 4 rings (SSSR count). The van der Waals surface area contributed by atoms with Crippen LogP contribution in [0, 0.1) is 6.92 Å². The van der Waals surface area contributed by atoms with Crippen LogP contribution in [0.2, 0.25) is 0 Å². The number of amides is 1. The highest BCUT2D eigenvalue weighted by atomic mass is 32.2. The van der Waals surface area contributed by atoms with Gasteiger partial charge < -0.3 is 9.63 Å². The lowest BCUT2D eigenvalue weighted by Gasteiger charge is -2.13. The predicted octanol–water partition coefficient (Wildman–Crippen LogP) is 4.87. The normalized spacial score (nSPS) is 15.5. The third-order valence-corrected chi connectivity index (χ3v) is 6.14. The van der Waals surface area contributed by atoms with Crippen LogP contribution in [0.25, 0.3) is 28.3 Å². The number of aryl methyl sites for hydroxylation is 1. The Balaban J connectivity index is 1.60. The summed E-state index contributed by atoms with van der Waals surface area (Å²) in [4.78, 5) is 25.4. The van der Waals surface area contributed by atoms with Gasteiger partial charge in [-0.05, 0) is 37.1 Å². The molecule has 3 aromatic rings. The van der Waals surface area contributed by atoms with Crippen molar-refractivity contribution in [1.29, 1.82) is 0 Å². The molecule has 152 valence electrons. The molecule has 1 saturated heterocycles. The van der Waals surface area contributed by atoms with Gasteiger partial charge >= 0.3 is 5.97 Å². The molecule has 0 aliphatic carbocycles. The lowest BCUT2D eigenvalue weighted by atomic mass is 10.0. The van der Waals surface area contributed by atoms with Gasteiger partial charge in [-0.25, -0.2) is 0 Å². The standard InChI is InChI=1S/C22H18N2O4S2/c1-13-4-7-15(8-5-13)20-16-11-14(6-9-17(16)23-28-20)12-18-21(27)24(22(29)30-18)10-2-3-19(25)26/h4-9,11-12H,2-3,10H2,1H3,(H,25,26). The predicted molar refractivity (Wildman–Crippen MR) is 121 cm³/mol. The number of aromatic nitrogens is 1. The molecule has 0 bridgehead atoms. The third kappa shape index (κ3) is 4.15. The molecule has 1 N–H and O–H groups in total. The van der Waals surface area contributed by atoms with E-state index in [9.17, 15) is 9.59 Å². The fourth-order valence-electron chi connectivity index (χ4n) is 3.19. The third-order valence-electron chi connectivity index (χ3n) is 4.76. The first-order valence-electron chi connectivity index (χ1n) is 9.36. The zero-order chi connectivity index (χ0) is 21.3. The minimum atomic E-state index is -0.887. The fraction of sp³-hybridized carbons (Fsp3) is 0.182. The maximum atomic E-state index is 12.7. The molecule has 1 aliphatic heterocycles. The molecule has 1 aromatic heterocycles. The first-order valence-corrected chi connectivity index (χ1v) is 10.6. The Hall–Kier alpha value is -2.97. The SMILES string of the molecule is Cc1ccc(-c2onc3ccc(C=C4SC(=S)N(CCCC(=O)O)C4=O)cc23)cc1. The highest BCUT2D eigenvalue weighted by Gasteiger charge is 2.31. The Labute approximate surface area is 182 Å². The van der Waals surface area contributed by atoms with E-state index in [1.807, 2.05) is 49.4 Å². The number of carbonyl (C=O) groups is 2. The largest absolute Gasteiger partial charge is 0.481 e.